The maximum absolute atomic E-state index is 5.56. The van der Waals surface area contributed by atoms with Crippen LogP contribution >= 0.6 is 11.3 Å². The van der Waals surface area contributed by atoms with E-state index < -0.39 is 0 Å². The van der Waals surface area contributed by atoms with Crippen molar-refractivity contribution < 1.29 is 9.47 Å². The molecule has 0 amide bonds. The number of nitrogens with zero attached hydrogens (tertiary/aromatic N) is 2. The average Bonchev–Trinajstić information content (AvgIpc) is 3.33. The van der Waals surface area contributed by atoms with Gasteiger partial charge in [-0.05, 0) is 40.6 Å². The Balaban J connectivity index is 1.70. The molecule has 1 aromatic carbocycles. The lowest BCUT2D eigenvalue weighted by Crippen LogP contribution is -2.35. The van der Waals surface area contributed by atoms with Gasteiger partial charge in [0.05, 0.1) is 32.3 Å². The predicted octanol–water partition coefficient (Wildman–Crippen LogP) is 3.64. The maximum atomic E-state index is 5.56. The van der Waals surface area contributed by atoms with E-state index in [0.29, 0.717) is 0 Å². The Kier molecular flexibility index (Phi) is 4.46. The minimum atomic E-state index is 0.164. The van der Waals surface area contributed by atoms with Gasteiger partial charge in [-0.3, -0.25) is 4.90 Å². The van der Waals surface area contributed by atoms with Gasteiger partial charge < -0.3 is 14.5 Å². The van der Waals surface area contributed by atoms with Gasteiger partial charge in [-0.1, -0.05) is 0 Å². The third-order valence-electron chi connectivity index (χ3n) is 4.74. The Morgan fingerprint density at radius 3 is 2.96 bits per heavy atom. The highest BCUT2D eigenvalue weighted by Gasteiger charge is 2.31. The van der Waals surface area contributed by atoms with Crippen molar-refractivity contribution in [3.63, 3.8) is 0 Å². The molecule has 3 aromatic rings. The number of hydrogen-bond acceptors (Lipinski definition) is 5. The molecule has 1 N–H and O–H groups in total. The first kappa shape index (κ1) is 16.2. The Hall–Kier alpha value is -2.31. The van der Waals surface area contributed by atoms with Crippen molar-refractivity contribution in [1.82, 2.24) is 14.9 Å². The molecule has 1 unspecified atom stereocenters. The van der Waals surface area contributed by atoms with E-state index in [-0.39, 0.29) is 6.04 Å². The molecule has 1 aliphatic rings. The zero-order valence-electron chi connectivity index (χ0n) is 14.4. The third-order valence-corrected chi connectivity index (χ3v) is 5.45. The largest absolute Gasteiger partial charge is 0.497 e. The lowest BCUT2D eigenvalue weighted by atomic mass is 9.97. The molecular weight excluding hydrogens is 334 g/mol. The predicted molar refractivity (Wildman–Crippen MR) is 98.4 cm³/mol. The van der Waals surface area contributed by atoms with E-state index in [4.69, 9.17) is 9.47 Å². The molecule has 1 atom stereocenters. The van der Waals surface area contributed by atoms with Crippen molar-refractivity contribution in [2.45, 2.75) is 19.0 Å². The summed E-state index contributed by atoms with van der Waals surface area (Å²) in [5.74, 6) is 1.73. The van der Waals surface area contributed by atoms with Crippen molar-refractivity contribution in [1.29, 1.82) is 0 Å². The Bertz CT molecular complexity index is 844. The number of hydrogen-bond donors (Lipinski definition) is 1. The van der Waals surface area contributed by atoms with E-state index in [1.165, 1.54) is 11.3 Å². The summed E-state index contributed by atoms with van der Waals surface area (Å²) >= 11 is 1.72. The molecule has 0 aliphatic carbocycles. The summed E-state index contributed by atoms with van der Waals surface area (Å²) < 4.78 is 11.0. The van der Waals surface area contributed by atoms with Crippen LogP contribution in [0.4, 0.5) is 0 Å². The average molecular weight is 355 g/mol. The van der Waals surface area contributed by atoms with E-state index in [1.54, 1.807) is 31.9 Å². The summed E-state index contributed by atoms with van der Waals surface area (Å²) in [6.45, 7) is 1.75. The van der Waals surface area contributed by atoms with Gasteiger partial charge in [-0.25, -0.2) is 4.98 Å². The zero-order chi connectivity index (χ0) is 17.2. The highest BCUT2D eigenvalue weighted by molar-refractivity contribution is 7.08. The monoisotopic (exact) mass is 355 g/mol. The van der Waals surface area contributed by atoms with Crippen LogP contribution in [0, 0.1) is 0 Å². The van der Waals surface area contributed by atoms with Crippen molar-refractivity contribution in [3.8, 4) is 11.5 Å². The van der Waals surface area contributed by atoms with E-state index >= 15 is 0 Å². The Morgan fingerprint density at radius 1 is 1.28 bits per heavy atom. The number of nitrogens with one attached hydrogen (secondary N) is 1. The van der Waals surface area contributed by atoms with Crippen LogP contribution in [0.1, 0.15) is 28.6 Å². The molecule has 130 valence electrons. The number of methoxy groups -OCH3 is 2. The van der Waals surface area contributed by atoms with Crippen LogP contribution in [0.5, 0.6) is 11.5 Å². The highest BCUT2D eigenvalue weighted by Crippen LogP contribution is 2.36. The molecule has 25 heavy (non-hydrogen) atoms. The summed E-state index contributed by atoms with van der Waals surface area (Å²) in [4.78, 5) is 10.4. The fourth-order valence-electron chi connectivity index (χ4n) is 3.52. The van der Waals surface area contributed by atoms with Crippen molar-refractivity contribution in [3.05, 3.63) is 63.9 Å². The fourth-order valence-corrected chi connectivity index (χ4v) is 4.20. The fraction of sp³-hybridized carbons (Fsp3) is 0.316. The molecule has 4 rings (SSSR count). The summed E-state index contributed by atoms with van der Waals surface area (Å²) in [5, 5.41) is 4.34. The first-order valence-corrected chi connectivity index (χ1v) is 9.23. The molecule has 6 heteroatoms. The quantitative estimate of drug-likeness (QED) is 0.759. The first-order chi connectivity index (χ1) is 12.3. The molecule has 2 aromatic heterocycles. The van der Waals surface area contributed by atoms with Gasteiger partial charge in [0.2, 0.25) is 0 Å². The molecule has 0 fully saturated rings. The molecule has 3 heterocycles. The van der Waals surface area contributed by atoms with Gasteiger partial charge in [0.1, 0.15) is 11.5 Å². The maximum Gasteiger partial charge on any atom is 0.123 e. The molecule has 0 spiro atoms. The number of imidazole rings is 1. The summed E-state index contributed by atoms with van der Waals surface area (Å²) in [6, 6.07) is 8.31. The summed E-state index contributed by atoms with van der Waals surface area (Å²) in [7, 11) is 3.40. The molecule has 0 bridgehead atoms. The normalized spacial score (nSPS) is 17.3. The molecule has 5 nitrogen and oxygen atoms in total. The number of fused-ring (bicyclic) bond motifs is 1. The number of aromatic nitrogens is 2. The number of rotatable bonds is 5. The zero-order valence-corrected chi connectivity index (χ0v) is 15.2. The number of aromatic amines is 1. The number of benzene rings is 1. The van der Waals surface area contributed by atoms with Gasteiger partial charge in [-0.15, -0.1) is 0 Å². The van der Waals surface area contributed by atoms with Crippen LogP contribution in [0.15, 0.2) is 41.4 Å². The van der Waals surface area contributed by atoms with E-state index in [9.17, 15) is 0 Å². The molecule has 0 radical (unpaired) electrons. The van der Waals surface area contributed by atoms with Crippen LogP contribution in [0.2, 0.25) is 0 Å². The molecular formula is C19H21N3O2S. The standard InChI is InChI=1S/C19H21N3O2S/c1-23-15-3-4-17(24-2)14(9-15)10-22-7-5-16-18(21-12-20-16)19(22)13-6-8-25-11-13/h3-4,6,8-9,11-12,19H,5,7,10H2,1-2H3,(H,20,21). The topological polar surface area (TPSA) is 50.4 Å². The second kappa shape index (κ2) is 6.90. The van der Waals surface area contributed by atoms with Crippen molar-refractivity contribution >= 4 is 11.3 Å². The van der Waals surface area contributed by atoms with Crippen LogP contribution < -0.4 is 9.47 Å². The minimum Gasteiger partial charge on any atom is -0.497 e. The van der Waals surface area contributed by atoms with Crippen LogP contribution in [0.3, 0.4) is 0 Å². The van der Waals surface area contributed by atoms with Crippen LogP contribution in [-0.4, -0.2) is 35.6 Å². The molecule has 0 saturated carbocycles. The second-order valence-corrected chi connectivity index (χ2v) is 6.90. The van der Waals surface area contributed by atoms with Gasteiger partial charge in [-0.2, -0.15) is 11.3 Å². The van der Waals surface area contributed by atoms with Gasteiger partial charge in [0.25, 0.3) is 0 Å². The molecule has 0 saturated heterocycles. The highest BCUT2D eigenvalue weighted by atomic mass is 32.1. The van der Waals surface area contributed by atoms with Gasteiger partial charge in [0, 0.05) is 30.8 Å². The van der Waals surface area contributed by atoms with Crippen molar-refractivity contribution in [2.75, 3.05) is 20.8 Å². The minimum absolute atomic E-state index is 0.164. The third kappa shape index (κ3) is 3.03. The molecule has 1 aliphatic heterocycles. The van der Waals surface area contributed by atoms with Crippen LogP contribution in [-0.2, 0) is 13.0 Å². The number of thiophene rings is 1. The summed E-state index contributed by atoms with van der Waals surface area (Å²) in [5.41, 5.74) is 4.79. The van der Waals surface area contributed by atoms with Gasteiger partial charge >= 0.3 is 0 Å². The smallest absolute Gasteiger partial charge is 0.123 e. The lowest BCUT2D eigenvalue weighted by molar-refractivity contribution is 0.198. The van der Waals surface area contributed by atoms with Crippen molar-refractivity contribution in [2.24, 2.45) is 0 Å². The van der Waals surface area contributed by atoms with E-state index in [1.807, 2.05) is 12.1 Å². The number of H-pyrrole nitrogens is 1. The second-order valence-electron chi connectivity index (χ2n) is 6.12. The van der Waals surface area contributed by atoms with Crippen LogP contribution in [0.25, 0.3) is 0 Å². The van der Waals surface area contributed by atoms with E-state index in [2.05, 4.69) is 37.8 Å². The van der Waals surface area contributed by atoms with Gasteiger partial charge in [0.15, 0.2) is 0 Å². The number of ether oxygens (including phenoxy) is 2. The Labute approximate surface area is 151 Å². The summed E-state index contributed by atoms with van der Waals surface area (Å²) in [6.07, 6.45) is 2.78. The van der Waals surface area contributed by atoms with E-state index in [0.717, 1.165) is 42.3 Å². The first-order valence-electron chi connectivity index (χ1n) is 8.29. The Morgan fingerprint density at radius 2 is 2.20 bits per heavy atom. The lowest BCUT2D eigenvalue weighted by Gasteiger charge is -2.35. The SMILES string of the molecule is COc1ccc(OC)c(CN2CCc3[nH]cnc3C2c2ccsc2)c1.